The molecule has 4 nitrogen and oxygen atoms in total. The molecule has 2 heterocycles. The van der Waals surface area contributed by atoms with Gasteiger partial charge in [-0.05, 0) is 17.7 Å². The normalized spacial score (nSPS) is 16.2. The highest BCUT2D eigenvalue weighted by atomic mass is 16.6. The van der Waals surface area contributed by atoms with Gasteiger partial charge in [0, 0.05) is 17.3 Å². The second kappa shape index (κ2) is 4.27. The van der Waals surface area contributed by atoms with Gasteiger partial charge in [0.15, 0.2) is 11.5 Å². The molecule has 0 bridgehead atoms. The van der Waals surface area contributed by atoms with Crippen LogP contribution in [-0.2, 0) is 6.54 Å². The van der Waals surface area contributed by atoms with Gasteiger partial charge in [-0.15, -0.1) is 0 Å². The first-order chi connectivity index (χ1) is 9.83. The Balaban J connectivity index is 1.71. The van der Waals surface area contributed by atoms with E-state index in [2.05, 4.69) is 6.07 Å². The topological polar surface area (TPSA) is 45.6 Å². The second-order valence-corrected chi connectivity index (χ2v) is 4.92. The van der Waals surface area contributed by atoms with Gasteiger partial charge in [0.1, 0.15) is 19.0 Å². The molecule has 4 rings (SSSR count). The summed E-state index contributed by atoms with van der Waals surface area (Å²) in [7, 11) is 0. The number of fused-ring (bicyclic) bond motifs is 2. The van der Waals surface area contributed by atoms with Crippen molar-refractivity contribution in [3.8, 4) is 11.5 Å². The largest absolute Gasteiger partial charge is 0.486 e. The van der Waals surface area contributed by atoms with Crippen LogP contribution in [0.4, 0.5) is 5.69 Å². The Morgan fingerprint density at radius 1 is 0.950 bits per heavy atom. The van der Waals surface area contributed by atoms with Crippen molar-refractivity contribution in [2.45, 2.75) is 6.54 Å². The quantitative estimate of drug-likeness (QED) is 0.863. The second-order valence-electron chi connectivity index (χ2n) is 4.92. The fourth-order valence-electron chi connectivity index (χ4n) is 2.70. The molecule has 20 heavy (non-hydrogen) atoms. The van der Waals surface area contributed by atoms with E-state index in [0.29, 0.717) is 19.0 Å². The average Bonchev–Trinajstić information content (AvgIpc) is 2.84. The Labute approximate surface area is 117 Å². The van der Waals surface area contributed by atoms with E-state index in [1.54, 1.807) is 0 Å². The van der Waals surface area contributed by atoms with E-state index in [0.717, 1.165) is 29.3 Å². The monoisotopic (exact) mass is 266 g/mol. The first kappa shape index (κ1) is 11.3. The lowest BCUT2D eigenvalue weighted by Crippen LogP contribution is -2.23. The molecule has 0 amide bonds. The van der Waals surface area contributed by atoms with Crippen LogP contribution in [0.2, 0.25) is 0 Å². The summed E-state index contributed by atoms with van der Waals surface area (Å²) >= 11 is 0. The van der Waals surface area contributed by atoms with Crippen molar-refractivity contribution in [1.82, 2.24) is 0 Å². The molecule has 0 fully saturated rings. The van der Waals surface area contributed by atoms with Crippen LogP contribution in [-0.4, -0.2) is 19.0 Å². The lowest BCUT2D eigenvalue weighted by Gasteiger charge is -2.23. The summed E-state index contributed by atoms with van der Waals surface area (Å²) < 4.78 is 11.1. The Morgan fingerprint density at radius 2 is 1.75 bits per heavy atom. The number of hydrogen-bond donors (Lipinski definition) is 1. The molecule has 2 aromatic rings. The van der Waals surface area contributed by atoms with Gasteiger partial charge in [-0.2, -0.15) is 0 Å². The summed E-state index contributed by atoms with van der Waals surface area (Å²) in [4.78, 5) is 1.99. The van der Waals surface area contributed by atoms with Gasteiger partial charge >= 0.3 is 0 Å². The molecule has 0 spiro atoms. The molecule has 0 saturated carbocycles. The standard InChI is InChI=1S/C16H14N2O2/c17-16-13-4-2-1-3-11(13)10-18(16)12-5-6-14-15(9-12)20-8-7-19-14/h1-6,9,17H,7-8,10H2. The van der Waals surface area contributed by atoms with E-state index in [9.17, 15) is 0 Å². The van der Waals surface area contributed by atoms with Crippen LogP contribution >= 0.6 is 0 Å². The Morgan fingerprint density at radius 3 is 2.60 bits per heavy atom. The number of hydrogen-bond acceptors (Lipinski definition) is 3. The molecule has 2 aliphatic heterocycles. The minimum atomic E-state index is 0.539. The van der Waals surface area contributed by atoms with Crippen LogP contribution in [0, 0.1) is 5.41 Å². The molecule has 0 aliphatic carbocycles. The van der Waals surface area contributed by atoms with E-state index < -0.39 is 0 Å². The molecule has 4 heteroatoms. The molecule has 0 aromatic heterocycles. The maximum Gasteiger partial charge on any atom is 0.163 e. The highest BCUT2D eigenvalue weighted by molar-refractivity contribution is 6.11. The Hall–Kier alpha value is -2.49. The molecule has 0 atom stereocenters. The lowest BCUT2D eigenvalue weighted by atomic mass is 10.1. The zero-order chi connectivity index (χ0) is 13.5. The van der Waals surface area contributed by atoms with Gasteiger partial charge in [0.25, 0.3) is 0 Å². The molecule has 2 aromatic carbocycles. The predicted molar refractivity (Wildman–Crippen MR) is 76.9 cm³/mol. The predicted octanol–water partition coefficient (Wildman–Crippen LogP) is 2.80. The molecule has 100 valence electrons. The summed E-state index contributed by atoms with van der Waals surface area (Å²) in [6, 6.07) is 13.9. The van der Waals surface area contributed by atoms with Gasteiger partial charge < -0.3 is 14.4 Å². The fraction of sp³-hybridized carbons (Fsp3) is 0.188. The average molecular weight is 266 g/mol. The molecule has 2 aliphatic rings. The fourth-order valence-corrected chi connectivity index (χ4v) is 2.70. The smallest absolute Gasteiger partial charge is 0.163 e. The van der Waals surface area contributed by atoms with Crippen LogP contribution < -0.4 is 14.4 Å². The number of benzene rings is 2. The first-order valence-electron chi connectivity index (χ1n) is 6.67. The number of ether oxygens (including phenoxy) is 2. The zero-order valence-corrected chi connectivity index (χ0v) is 10.9. The third-order valence-corrected chi connectivity index (χ3v) is 3.71. The molecule has 0 saturated heterocycles. The van der Waals surface area contributed by atoms with E-state index in [1.807, 2.05) is 41.3 Å². The highest BCUT2D eigenvalue weighted by Gasteiger charge is 2.25. The summed E-state index contributed by atoms with van der Waals surface area (Å²) in [6.07, 6.45) is 0. The molecular weight excluding hydrogens is 252 g/mol. The minimum Gasteiger partial charge on any atom is -0.486 e. The molecule has 0 radical (unpaired) electrons. The van der Waals surface area contributed by atoms with Crippen molar-refractivity contribution in [3.63, 3.8) is 0 Å². The van der Waals surface area contributed by atoms with Crippen molar-refractivity contribution in [1.29, 1.82) is 5.41 Å². The van der Waals surface area contributed by atoms with Crippen LogP contribution in [0.25, 0.3) is 0 Å². The zero-order valence-electron chi connectivity index (χ0n) is 10.9. The van der Waals surface area contributed by atoms with Gasteiger partial charge in [-0.3, -0.25) is 5.41 Å². The van der Waals surface area contributed by atoms with E-state index in [4.69, 9.17) is 14.9 Å². The first-order valence-corrected chi connectivity index (χ1v) is 6.67. The third-order valence-electron chi connectivity index (χ3n) is 3.71. The van der Waals surface area contributed by atoms with E-state index in [-0.39, 0.29) is 0 Å². The number of nitrogens with zero attached hydrogens (tertiary/aromatic N) is 1. The maximum absolute atomic E-state index is 8.32. The van der Waals surface area contributed by atoms with Crippen LogP contribution in [0.1, 0.15) is 11.1 Å². The maximum atomic E-state index is 8.32. The minimum absolute atomic E-state index is 0.539. The van der Waals surface area contributed by atoms with Gasteiger partial charge in [-0.1, -0.05) is 24.3 Å². The number of nitrogens with one attached hydrogen (secondary N) is 1. The van der Waals surface area contributed by atoms with Crippen LogP contribution in [0.5, 0.6) is 11.5 Å². The van der Waals surface area contributed by atoms with Crippen LogP contribution in [0.3, 0.4) is 0 Å². The third kappa shape index (κ3) is 1.65. The van der Waals surface area contributed by atoms with Crippen molar-refractivity contribution in [2.24, 2.45) is 0 Å². The Bertz CT molecular complexity index is 697. The van der Waals surface area contributed by atoms with Gasteiger partial charge in [0.2, 0.25) is 0 Å². The molecular formula is C16H14N2O2. The number of amidine groups is 1. The lowest BCUT2D eigenvalue weighted by molar-refractivity contribution is 0.171. The SMILES string of the molecule is N=C1c2ccccc2CN1c1ccc2c(c1)OCCO2. The summed E-state index contributed by atoms with van der Waals surface area (Å²) in [5.41, 5.74) is 3.16. The highest BCUT2D eigenvalue weighted by Crippen LogP contribution is 2.36. The van der Waals surface area contributed by atoms with Crippen LogP contribution in [0.15, 0.2) is 42.5 Å². The van der Waals surface area contributed by atoms with E-state index in [1.165, 1.54) is 5.56 Å². The molecule has 1 N–H and O–H groups in total. The molecule has 0 unspecified atom stereocenters. The van der Waals surface area contributed by atoms with Gasteiger partial charge in [-0.25, -0.2) is 0 Å². The number of anilines is 1. The number of rotatable bonds is 1. The van der Waals surface area contributed by atoms with Crippen molar-refractivity contribution < 1.29 is 9.47 Å². The van der Waals surface area contributed by atoms with Gasteiger partial charge in [0.05, 0.1) is 6.54 Å². The summed E-state index contributed by atoms with van der Waals surface area (Å²) in [5.74, 6) is 2.08. The van der Waals surface area contributed by atoms with E-state index >= 15 is 0 Å². The summed E-state index contributed by atoms with van der Waals surface area (Å²) in [5, 5.41) is 8.32. The van der Waals surface area contributed by atoms with Crippen molar-refractivity contribution >= 4 is 11.5 Å². The van der Waals surface area contributed by atoms with Crippen molar-refractivity contribution in [3.05, 3.63) is 53.6 Å². The summed E-state index contributed by atoms with van der Waals surface area (Å²) in [6.45, 7) is 1.90. The van der Waals surface area contributed by atoms with Crippen molar-refractivity contribution in [2.75, 3.05) is 18.1 Å². The Kier molecular flexibility index (Phi) is 2.42.